The zero-order chi connectivity index (χ0) is 20.0. The molecule has 0 bridgehead atoms. The van der Waals surface area contributed by atoms with E-state index in [4.69, 9.17) is 0 Å². The van der Waals surface area contributed by atoms with E-state index in [1.165, 1.54) is 4.90 Å². The minimum atomic E-state index is -0.785. The predicted molar refractivity (Wildman–Crippen MR) is 101 cm³/mol. The number of hydrogen-bond acceptors (Lipinski definition) is 4. The number of nitrogens with zero attached hydrogens (tertiary/aromatic N) is 2. The van der Waals surface area contributed by atoms with Crippen LogP contribution < -0.4 is 5.32 Å². The molecule has 0 aliphatic heterocycles. The minimum Gasteiger partial charge on any atom is -0.353 e. The van der Waals surface area contributed by atoms with Crippen molar-refractivity contribution in [1.82, 2.24) is 15.1 Å². The number of rotatable bonds is 9. The van der Waals surface area contributed by atoms with Crippen LogP contribution in [0.4, 0.5) is 0 Å². The van der Waals surface area contributed by atoms with Crippen molar-refractivity contribution in [2.75, 3.05) is 34.2 Å². The molecule has 0 aromatic carbocycles. The Kier molecular flexibility index (Phi) is 8.79. The molecular weight excluding hydrogens is 318 g/mol. The van der Waals surface area contributed by atoms with Gasteiger partial charge in [-0.3, -0.25) is 14.4 Å². The van der Waals surface area contributed by atoms with Gasteiger partial charge in [0.25, 0.3) is 0 Å². The first kappa shape index (κ1) is 23.6. The maximum absolute atomic E-state index is 12.7. The molecule has 1 atom stereocenters. The topological polar surface area (TPSA) is 69.7 Å². The van der Waals surface area contributed by atoms with Crippen LogP contribution in [-0.4, -0.2) is 67.7 Å². The Labute approximate surface area is 153 Å². The first-order valence-electron chi connectivity index (χ1n) is 8.97. The number of ketones is 1. The van der Waals surface area contributed by atoms with Crippen LogP contribution in [-0.2, 0) is 14.4 Å². The van der Waals surface area contributed by atoms with Gasteiger partial charge in [-0.25, -0.2) is 0 Å². The molecule has 25 heavy (non-hydrogen) atoms. The lowest BCUT2D eigenvalue weighted by molar-refractivity contribution is -0.147. The molecule has 0 fully saturated rings. The monoisotopic (exact) mass is 355 g/mol. The molecule has 0 heterocycles. The molecule has 2 amide bonds. The van der Waals surface area contributed by atoms with Crippen LogP contribution in [0.2, 0.25) is 0 Å². The van der Waals surface area contributed by atoms with Crippen molar-refractivity contribution in [3.05, 3.63) is 0 Å². The predicted octanol–water partition coefficient (Wildman–Crippen LogP) is 1.93. The van der Waals surface area contributed by atoms with Crippen molar-refractivity contribution < 1.29 is 14.4 Å². The summed E-state index contributed by atoms with van der Waals surface area (Å²) in [6.45, 7) is 12.3. The Bertz CT molecular complexity index is 479. The maximum atomic E-state index is 12.7. The summed E-state index contributed by atoms with van der Waals surface area (Å²) < 4.78 is 0. The summed E-state index contributed by atoms with van der Waals surface area (Å²) >= 11 is 0. The Hall–Kier alpha value is -1.43. The standard InChI is InChI=1S/C19H37N3O3/c1-10-19(5,6)15(23)13-14(16(24)20-11-12-21(7)8)22(9)17(25)18(2,3)4/h14H,10-13H2,1-9H3,(H,20,24). The molecule has 0 aliphatic carbocycles. The lowest BCUT2D eigenvalue weighted by Crippen LogP contribution is -2.53. The Morgan fingerprint density at radius 2 is 1.52 bits per heavy atom. The van der Waals surface area contributed by atoms with Gasteiger partial charge >= 0.3 is 0 Å². The van der Waals surface area contributed by atoms with Crippen LogP contribution in [0.1, 0.15) is 54.4 Å². The Morgan fingerprint density at radius 1 is 1.00 bits per heavy atom. The van der Waals surface area contributed by atoms with Gasteiger partial charge in [0.2, 0.25) is 11.8 Å². The third kappa shape index (κ3) is 7.55. The molecule has 0 saturated carbocycles. The highest BCUT2D eigenvalue weighted by atomic mass is 16.2. The summed E-state index contributed by atoms with van der Waals surface area (Å²) in [4.78, 5) is 41.3. The smallest absolute Gasteiger partial charge is 0.243 e. The normalized spacial score (nSPS) is 13.5. The van der Waals surface area contributed by atoms with Gasteiger partial charge in [0.1, 0.15) is 11.8 Å². The van der Waals surface area contributed by atoms with Crippen molar-refractivity contribution >= 4 is 17.6 Å². The molecule has 0 aromatic heterocycles. The third-order valence-electron chi connectivity index (χ3n) is 4.61. The Morgan fingerprint density at radius 3 is 1.92 bits per heavy atom. The Balaban J connectivity index is 5.33. The van der Waals surface area contributed by atoms with E-state index in [1.54, 1.807) is 7.05 Å². The summed E-state index contributed by atoms with van der Waals surface area (Å²) in [6.07, 6.45) is 0.727. The van der Waals surface area contributed by atoms with E-state index in [2.05, 4.69) is 5.32 Å². The number of nitrogens with one attached hydrogen (secondary N) is 1. The van der Waals surface area contributed by atoms with E-state index in [0.717, 1.165) is 0 Å². The molecule has 6 heteroatoms. The van der Waals surface area contributed by atoms with Gasteiger partial charge in [-0.2, -0.15) is 0 Å². The maximum Gasteiger partial charge on any atom is 0.243 e. The molecular formula is C19H37N3O3. The molecule has 1 N–H and O–H groups in total. The zero-order valence-electron chi connectivity index (χ0n) is 17.5. The number of amides is 2. The van der Waals surface area contributed by atoms with E-state index in [9.17, 15) is 14.4 Å². The largest absolute Gasteiger partial charge is 0.353 e. The quantitative estimate of drug-likeness (QED) is 0.686. The molecule has 0 aliphatic rings. The molecule has 0 saturated heterocycles. The highest BCUT2D eigenvalue weighted by Crippen LogP contribution is 2.26. The lowest BCUT2D eigenvalue weighted by Gasteiger charge is -2.33. The highest BCUT2D eigenvalue weighted by Gasteiger charge is 2.37. The number of likely N-dealkylation sites (N-methyl/N-ethyl adjacent to an activating group) is 2. The number of hydrogen-bond donors (Lipinski definition) is 1. The van der Waals surface area contributed by atoms with Crippen LogP contribution in [0.15, 0.2) is 0 Å². The summed E-state index contributed by atoms with van der Waals surface area (Å²) in [7, 11) is 5.45. The fourth-order valence-corrected chi connectivity index (χ4v) is 2.25. The first-order chi connectivity index (χ1) is 11.2. The average molecular weight is 356 g/mol. The molecule has 1 unspecified atom stereocenters. The summed E-state index contributed by atoms with van der Waals surface area (Å²) in [5.74, 6) is -0.430. The van der Waals surface area contributed by atoms with Crippen molar-refractivity contribution in [3.63, 3.8) is 0 Å². The summed E-state index contributed by atoms with van der Waals surface area (Å²) in [5.41, 5.74) is -1.12. The van der Waals surface area contributed by atoms with Crippen molar-refractivity contribution in [2.45, 2.75) is 60.4 Å². The SMILES string of the molecule is CCC(C)(C)C(=O)CC(C(=O)NCCN(C)C)N(C)C(=O)C(C)(C)C. The van der Waals surface area contributed by atoms with E-state index >= 15 is 0 Å². The van der Waals surface area contributed by atoms with Crippen LogP contribution in [0, 0.1) is 10.8 Å². The molecule has 146 valence electrons. The fourth-order valence-electron chi connectivity index (χ4n) is 2.25. The van der Waals surface area contributed by atoms with Gasteiger partial charge in [-0.15, -0.1) is 0 Å². The zero-order valence-corrected chi connectivity index (χ0v) is 17.5. The first-order valence-corrected chi connectivity index (χ1v) is 8.97. The van der Waals surface area contributed by atoms with Gasteiger partial charge in [0.15, 0.2) is 0 Å². The van der Waals surface area contributed by atoms with E-state index in [0.29, 0.717) is 19.5 Å². The van der Waals surface area contributed by atoms with Crippen LogP contribution in [0.25, 0.3) is 0 Å². The number of Topliss-reactive ketones (excluding diaryl/α,β-unsaturated/α-hetero) is 1. The molecule has 6 nitrogen and oxygen atoms in total. The van der Waals surface area contributed by atoms with E-state index in [1.807, 2.05) is 60.5 Å². The van der Waals surface area contributed by atoms with E-state index < -0.39 is 16.9 Å². The van der Waals surface area contributed by atoms with Crippen molar-refractivity contribution in [3.8, 4) is 0 Å². The molecule has 0 rings (SSSR count). The average Bonchev–Trinajstić information content (AvgIpc) is 2.49. The van der Waals surface area contributed by atoms with Gasteiger partial charge in [-0.05, 0) is 20.5 Å². The second-order valence-corrected chi connectivity index (χ2v) is 8.64. The third-order valence-corrected chi connectivity index (χ3v) is 4.61. The molecule has 0 radical (unpaired) electrons. The van der Waals surface area contributed by atoms with Gasteiger partial charge in [0, 0.05) is 37.4 Å². The van der Waals surface area contributed by atoms with Crippen LogP contribution >= 0.6 is 0 Å². The second kappa shape index (κ2) is 9.32. The second-order valence-electron chi connectivity index (χ2n) is 8.64. The van der Waals surface area contributed by atoms with Gasteiger partial charge < -0.3 is 15.1 Å². The van der Waals surface area contributed by atoms with Crippen LogP contribution in [0.3, 0.4) is 0 Å². The summed E-state index contributed by atoms with van der Waals surface area (Å²) in [5, 5.41) is 2.85. The van der Waals surface area contributed by atoms with Crippen LogP contribution in [0.5, 0.6) is 0 Å². The fraction of sp³-hybridized carbons (Fsp3) is 0.842. The van der Waals surface area contributed by atoms with Gasteiger partial charge in [-0.1, -0.05) is 41.5 Å². The van der Waals surface area contributed by atoms with Crippen molar-refractivity contribution in [1.29, 1.82) is 0 Å². The summed E-state index contributed by atoms with van der Waals surface area (Å²) in [6, 6.07) is -0.785. The number of carbonyl (C=O) groups is 3. The molecule has 0 aromatic rings. The van der Waals surface area contributed by atoms with Crippen molar-refractivity contribution in [2.24, 2.45) is 10.8 Å². The minimum absolute atomic E-state index is 0.00341. The molecule has 0 spiro atoms. The van der Waals surface area contributed by atoms with E-state index in [-0.39, 0.29) is 24.0 Å². The highest BCUT2D eigenvalue weighted by molar-refractivity contribution is 5.95. The lowest BCUT2D eigenvalue weighted by atomic mass is 9.82. The number of carbonyl (C=O) groups excluding carboxylic acids is 3. The van der Waals surface area contributed by atoms with Gasteiger partial charge in [0.05, 0.1) is 0 Å².